The predicted octanol–water partition coefficient (Wildman–Crippen LogP) is 1.36. The molecule has 0 fully saturated rings. The van der Waals surface area contributed by atoms with Gasteiger partial charge in [0.1, 0.15) is 5.76 Å². The fourth-order valence-electron chi connectivity index (χ4n) is 1.49. The van der Waals surface area contributed by atoms with E-state index in [1.807, 2.05) is 31.3 Å². The molecule has 1 N–H and O–H groups in total. The molecule has 0 aliphatic rings. The number of nitrogens with zero attached hydrogens (tertiary/aromatic N) is 3. The molecule has 2 heterocycles. The first-order chi connectivity index (χ1) is 9.04. The van der Waals surface area contributed by atoms with Gasteiger partial charge in [0.25, 0.3) is 0 Å². The fraction of sp³-hybridized carbons (Fsp3) is 0.417. The summed E-state index contributed by atoms with van der Waals surface area (Å²) in [6.07, 6.45) is 0.200. The van der Waals surface area contributed by atoms with Gasteiger partial charge in [-0.2, -0.15) is 0 Å². The maximum Gasteiger partial charge on any atom is 0.228 e. The normalized spacial score (nSPS) is 10.5. The highest BCUT2D eigenvalue weighted by molar-refractivity contribution is 7.13. The van der Waals surface area contributed by atoms with Crippen molar-refractivity contribution >= 4 is 22.4 Å². The second kappa shape index (κ2) is 5.83. The van der Waals surface area contributed by atoms with Gasteiger partial charge < -0.3 is 14.7 Å². The van der Waals surface area contributed by atoms with Crippen LogP contribution in [0.1, 0.15) is 17.1 Å². The van der Waals surface area contributed by atoms with Gasteiger partial charge in [0.2, 0.25) is 5.91 Å². The van der Waals surface area contributed by atoms with Crippen LogP contribution in [-0.2, 0) is 17.8 Å². The van der Waals surface area contributed by atoms with Crippen LogP contribution in [0.15, 0.2) is 16.0 Å². The Morgan fingerprint density at radius 2 is 2.32 bits per heavy atom. The summed E-state index contributed by atoms with van der Waals surface area (Å²) in [6.45, 7) is 2.25. The van der Waals surface area contributed by atoms with E-state index < -0.39 is 0 Å². The maximum atomic E-state index is 11.7. The van der Waals surface area contributed by atoms with E-state index >= 15 is 0 Å². The third kappa shape index (κ3) is 3.78. The van der Waals surface area contributed by atoms with Crippen molar-refractivity contribution in [3.63, 3.8) is 0 Å². The van der Waals surface area contributed by atoms with Crippen molar-refractivity contribution in [2.75, 3.05) is 19.0 Å². The van der Waals surface area contributed by atoms with Crippen molar-refractivity contribution in [2.24, 2.45) is 0 Å². The molecular formula is C12H16N4O2S. The van der Waals surface area contributed by atoms with E-state index in [1.54, 1.807) is 17.4 Å². The van der Waals surface area contributed by atoms with Crippen molar-refractivity contribution in [3.05, 3.63) is 28.6 Å². The molecule has 0 aliphatic heterocycles. The van der Waals surface area contributed by atoms with Crippen LogP contribution in [0.2, 0.25) is 0 Å². The van der Waals surface area contributed by atoms with Gasteiger partial charge in [-0.1, -0.05) is 5.16 Å². The minimum atomic E-state index is -0.101. The van der Waals surface area contributed by atoms with Crippen LogP contribution in [0.3, 0.4) is 0 Å². The molecule has 7 heteroatoms. The molecule has 19 heavy (non-hydrogen) atoms. The molecule has 0 atom stereocenters. The van der Waals surface area contributed by atoms with E-state index in [2.05, 4.69) is 15.5 Å². The summed E-state index contributed by atoms with van der Waals surface area (Å²) >= 11 is 1.55. The first-order valence-corrected chi connectivity index (χ1v) is 6.73. The molecule has 2 aromatic heterocycles. The lowest BCUT2D eigenvalue weighted by Crippen LogP contribution is -2.24. The highest BCUT2D eigenvalue weighted by Gasteiger charge is 2.09. The highest BCUT2D eigenvalue weighted by Crippen LogP contribution is 2.17. The van der Waals surface area contributed by atoms with Crippen molar-refractivity contribution in [1.29, 1.82) is 0 Å². The first kappa shape index (κ1) is 13.5. The van der Waals surface area contributed by atoms with Crippen molar-refractivity contribution < 1.29 is 9.32 Å². The summed E-state index contributed by atoms with van der Waals surface area (Å²) in [4.78, 5) is 18.0. The van der Waals surface area contributed by atoms with E-state index in [0.29, 0.717) is 12.3 Å². The number of aryl methyl sites for hydroxylation is 1. The van der Waals surface area contributed by atoms with Crippen molar-refractivity contribution in [2.45, 2.75) is 19.9 Å². The SMILES string of the molecule is Cc1cc(CC(=O)NCc2csc(N(C)C)n2)on1. The van der Waals surface area contributed by atoms with Crippen LogP contribution in [0, 0.1) is 6.92 Å². The Bertz CT molecular complexity index is 562. The van der Waals surface area contributed by atoms with Crippen molar-refractivity contribution in [1.82, 2.24) is 15.5 Å². The number of anilines is 1. The standard InChI is InChI=1S/C12H16N4O2S/c1-8-4-10(18-15-8)5-11(17)13-6-9-7-19-12(14-9)16(2)3/h4,7H,5-6H2,1-3H3,(H,13,17). The Kier molecular flexibility index (Phi) is 4.16. The summed E-state index contributed by atoms with van der Waals surface area (Å²) < 4.78 is 4.99. The van der Waals surface area contributed by atoms with Crippen LogP contribution < -0.4 is 10.2 Å². The zero-order valence-corrected chi connectivity index (χ0v) is 12.0. The Balaban J connectivity index is 1.82. The summed E-state index contributed by atoms with van der Waals surface area (Å²) in [5.41, 5.74) is 1.63. The minimum Gasteiger partial charge on any atom is -0.361 e. The number of carbonyl (C=O) groups excluding carboxylic acids is 1. The number of aromatic nitrogens is 2. The molecular weight excluding hydrogens is 264 g/mol. The van der Waals surface area contributed by atoms with Gasteiger partial charge in [0.05, 0.1) is 24.4 Å². The summed E-state index contributed by atoms with van der Waals surface area (Å²) in [5, 5.41) is 9.41. The molecule has 0 saturated carbocycles. The number of thiazole rings is 1. The second-order valence-corrected chi connectivity index (χ2v) is 5.24. The quantitative estimate of drug-likeness (QED) is 0.895. The Labute approximate surface area is 115 Å². The van der Waals surface area contributed by atoms with Crippen LogP contribution in [0.4, 0.5) is 5.13 Å². The summed E-state index contributed by atoms with van der Waals surface area (Å²) in [7, 11) is 3.88. The number of hydrogen-bond acceptors (Lipinski definition) is 6. The Morgan fingerprint density at radius 3 is 2.89 bits per heavy atom. The van der Waals surface area contributed by atoms with E-state index in [9.17, 15) is 4.79 Å². The van der Waals surface area contributed by atoms with Gasteiger partial charge in [0.15, 0.2) is 5.13 Å². The summed E-state index contributed by atoms with van der Waals surface area (Å²) in [5.74, 6) is 0.470. The molecule has 0 aromatic carbocycles. The van der Waals surface area contributed by atoms with E-state index in [4.69, 9.17) is 4.52 Å². The van der Waals surface area contributed by atoms with Crippen molar-refractivity contribution in [3.8, 4) is 0 Å². The van der Waals surface area contributed by atoms with Gasteiger partial charge in [-0.3, -0.25) is 4.79 Å². The molecule has 0 unspecified atom stereocenters. The summed E-state index contributed by atoms with van der Waals surface area (Å²) in [6, 6.07) is 1.76. The Hall–Kier alpha value is -1.89. The largest absolute Gasteiger partial charge is 0.361 e. The van der Waals surface area contributed by atoms with Gasteiger partial charge in [-0.05, 0) is 6.92 Å². The molecule has 0 spiro atoms. The number of rotatable bonds is 5. The average molecular weight is 280 g/mol. The van der Waals surface area contributed by atoms with Gasteiger partial charge >= 0.3 is 0 Å². The number of nitrogens with one attached hydrogen (secondary N) is 1. The monoisotopic (exact) mass is 280 g/mol. The van der Waals surface area contributed by atoms with Crippen LogP contribution in [-0.4, -0.2) is 30.1 Å². The van der Waals surface area contributed by atoms with Crippen LogP contribution >= 0.6 is 11.3 Å². The molecule has 102 valence electrons. The second-order valence-electron chi connectivity index (χ2n) is 4.40. The molecule has 2 aromatic rings. The third-order valence-electron chi connectivity index (χ3n) is 2.40. The van der Waals surface area contributed by atoms with Gasteiger partial charge in [-0.25, -0.2) is 4.98 Å². The fourth-order valence-corrected chi connectivity index (χ4v) is 2.25. The number of amides is 1. The highest BCUT2D eigenvalue weighted by atomic mass is 32.1. The minimum absolute atomic E-state index is 0.101. The number of hydrogen-bond donors (Lipinski definition) is 1. The molecule has 0 radical (unpaired) electrons. The molecule has 0 saturated heterocycles. The lowest BCUT2D eigenvalue weighted by atomic mass is 10.3. The molecule has 2 rings (SSSR count). The molecule has 1 amide bonds. The zero-order chi connectivity index (χ0) is 13.8. The lowest BCUT2D eigenvalue weighted by molar-refractivity contribution is -0.120. The average Bonchev–Trinajstić information content (AvgIpc) is 2.96. The molecule has 6 nitrogen and oxygen atoms in total. The van der Waals surface area contributed by atoms with Crippen LogP contribution in [0.5, 0.6) is 0 Å². The third-order valence-corrected chi connectivity index (χ3v) is 3.46. The maximum absolute atomic E-state index is 11.7. The van der Waals surface area contributed by atoms with Crippen LogP contribution in [0.25, 0.3) is 0 Å². The zero-order valence-electron chi connectivity index (χ0n) is 11.1. The van der Waals surface area contributed by atoms with Gasteiger partial charge in [-0.15, -0.1) is 11.3 Å². The smallest absolute Gasteiger partial charge is 0.228 e. The molecule has 0 bridgehead atoms. The lowest BCUT2D eigenvalue weighted by Gasteiger charge is -2.05. The van der Waals surface area contributed by atoms with E-state index in [0.717, 1.165) is 16.5 Å². The predicted molar refractivity (Wildman–Crippen MR) is 73.2 cm³/mol. The van der Waals surface area contributed by atoms with E-state index in [-0.39, 0.29) is 12.3 Å². The van der Waals surface area contributed by atoms with E-state index in [1.165, 1.54) is 0 Å². The first-order valence-electron chi connectivity index (χ1n) is 5.85. The topological polar surface area (TPSA) is 71.3 Å². The number of carbonyl (C=O) groups is 1. The van der Waals surface area contributed by atoms with Gasteiger partial charge in [0, 0.05) is 25.5 Å². The molecule has 0 aliphatic carbocycles. The Morgan fingerprint density at radius 1 is 1.53 bits per heavy atom.